The number of hydrogen-bond donors (Lipinski definition) is 0. The molecule has 0 fully saturated rings. The van der Waals surface area contributed by atoms with Crippen LogP contribution >= 0.6 is 0 Å². The van der Waals surface area contributed by atoms with Gasteiger partial charge in [-0.1, -0.05) is 20.3 Å². The summed E-state index contributed by atoms with van der Waals surface area (Å²) in [5.41, 5.74) is 0. The fraction of sp³-hybridized carbons (Fsp3) is 1.00. The van der Waals surface area contributed by atoms with Crippen molar-refractivity contribution in [2.75, 3.05) is 0 Å². The molecule has 0 rings (SSSR count). The first-order valence-electron chi connectivity index (χ1n) is 1.78. The Bertz CT molecular complexity index is 22.8. The summed E-state index contributed by atoms with van der Waals surface area (Å²) in [4.78, 5) is 8.00. The van der Waals surface area contributed by atoms with Crippen LogP contribution in [0.25, 0.3) is 0 Å². The van der Waals surface area contributed by atoms with Crippen LogP contribution in [0.15, 0.2) is 5.34 Å². The molecule has 0 aromatic heterocycles. The molecule has 0 aliphatic carbocycles. The Hall–Kier alpha value is -0.600. The monoisotopic (exact) mass is 90.1 g/mol. The Morgan fingerprint density at radius 3 is 1.67 bits per heavy atom. The van der Waals surface area contributed by atoms with E-state index in [1.807, 2.05) is 0 Å². The maximum absolute atomic E-state index is 8.00. The van der Waals surface area contributed by atoms with Crippen molar-refractivity contribution in [1.82, 2.24) is 0 Å². The van der Waals surface area contributed by atoms with E-state index >= 15 is 0 Å². The lowest BCUT2D eigenvalue weighted by molar-refractivity contribution is 1.09. The summed E-state index contributed by atoms with van der Waals surface area (Å²) < 4.78 is 0. The summed E-state index contributed by atoms with van der Waals surface area (Å²) in [6.07, 6.45) is 1.25. The van der Waals surface area contributed by atoms with Crippen molar-refractivity contribution < 1.29 is 0 Å². The molecule has 0 radical (unpaired) electrons. The normalized spacial score (nSPS) is 5.00. The average Bonchev–Trinajstić information content (AvgIpc) is 1.39. The molecule has 3 heteroatoms. The van der Waals surface area contributed by atoms with Crippen molar-refractivity contribution in [2.24, 2.45) is 5.34 Å². The third-order valence-corrected chi connectivity index (χ3v) is 0. The van der Waals surface area contributed by atoms with Crippen molar-refractivity contribution in [3.05, 3.63) is 10.1 Å². The smallest absolute Gasteiger partial charge is 0.0590 e. The Kier molecular flexibility index (Phi) is 39.1. The van der Waals surface area contributed by atoms with Crippen LogP contribution in [0.1, 0.15) is 20.3 Å². The van der Waals surface area contributed by atoms with Gasteiger partial charge in [-0.25, -0.2) is 0 Å². The molecule has 3 nitrogen and oxygen atoms in total. The van der Waals surface area contributed by atoms with Crippen LogP contribution in [0.5, 0.6) is 0 Å². The second-order valence-electron chi connectivity index (χ2n) is 0.782. The zero-order chi connectivity index (χ0) is 5.41. The fourth-order valence-corrected chi connectivity index (χ4v) is 0. The van der Waals surface area contributed by atoms with Crippen LogP contribution in [0.3, 0.4) is 0 Å². The molecule has 0 aliphatic heterocycles. The zero-order valence-corrected chi connectivity index (χ0v) is 3.97. The SMILES string of the molecule is CCC.O=N[O-]. The van der Waals surface area contributed by atoms with E-state index in [4.69, 9.17) is 10.1 Å². The molecule has 0 aromatic carbocycles. The first kappa shape index (κ1) is 9.04. The van der Waals surface area contributed by atoms with Gasteiger partial charge in [-0.3, -0.25) is 0 Å². The summed E-state index contributed by atoms with van der Waals surface area (Å²) >= 11 is 0. The van der Waals surface area contributed by atoms with Gasteiger partial charge in [0, 0.05) is 0 Å². The van der Waals surface area contributed by atoms with Gasteiger partial charge in [0.2, 0.25) is 0 Å². The zero-order valence-electron chi connectivity index (χ0n) is 3.97. The summed E-state index contributed by atoms with van der Waals surface area (Å²) in [5, 5.41) is 9.00. The first-order chi connectivity index (χ1) is 2.83. The summed E-state index contributed by atoms with van der Waals surface area (Å²) in [5.74, 6) is 0. The van der Waals surface area contributed by atoms with Gasteiger partial charge < -0.3 is 10.1 Å². The van der Waals surface area contributed by atoms with E-state index in [9.17, 15) is 0 Å². The van der Waals surface area contributed by atoms with Crippen LogP contribution in [0, 0.1) is 10.1 Å². The van der Waals surface area contributed by atoms with E-state index in [0.717, 1.165) is 5.34 Å². The lowest BCUT2D eigenvalue weighted by atomic mass is 10.6. The molecule has 6 heavy (non-hydrogen) atoms. The van der Waals surface area contributed by atoms with Gasteiger partial charge in [0.25, 0.3) is 0 Å². The van der Waals surface area contributed by atoms with Crippen molar-refractivity contribution in [3.8, 4) is 0 Å². The van der Waals surface area contributed by atoms with Gasteiger partial charge in [-0.15, -0.1) is 5.34 Å². The minimum Gasteiger partial charge on any atom is -0.444 e. The Morgan fingerprint density at radius 2 is 1.67 bits per heavy atom. The van der Waals surface area contributed by atoms with Gasteiger partial charge in [0.1, 0.15) is 0 Å². The molecular weight excluding hydrogens is 82.0 g/mol. The molecule has 0 saturated heterocycles. The van der Waals surface area contributed by atoms with Crippen LogP contribution in [-0.2, 0) is 0 Å². The Balaban J connectivity index is 0. The number of nitrogens with zero attached hydrogens (tertiary/aromatic N) is 1. The van der Waals surface area contributed by atoms with E-state index < -0.39 is 0 Å². The molecule has 0 saturated carbocycles. The van der Waals surface area contributed by atoms with Crippen molar-refractivity contribution in [2.45, 2.75) is 20.3 Å². The standard InChI is InChI=1S/C3H8.HNO2/c1-3-2;2-1-3/h3H2,1-2H3;(H,2,3)/p-1. The highest BCUT2D eigenvalue weighted by atomic mass is 16.6. The van der Waals surface area contributed by atoms with Crippen LogP contribution in [0.4, 0.5) is 0 Å². The van der Waals surface area contributed by atoms with E-state index in [0.29, 0.717) is 0 Å². The Labute approximate surface area is 36.9 Å². The molecule has 0 unspecified atom stereocenters. The molecule has 38 valence electrons. The van der Waals surface area contributed by atoms with Crippen molar-refractivity contribution in [1.29, 1.82) is 0 Å². The molecule has 0 aliphatic rings. The summed E-state index contributed by atoms with van der Waals surface area (Å²) in [6, 6.07) is 0. The molecule has 0 N–H and O–H groups in total. The fourth-order valence-electron chi connectivity index (χ4n) is 0. The van der Waals surface area contributed by atoms with Gasteiger partial charge in [-0.05, 0) is 0 Å². The van der Waals surface area contributed by atoms with E-state index in [1.54, 1.807) is 0 Å². The predicted octanol–water partition coefficient (Wildman–Crippen LogP) is 1.67. The maximum atomic E-state index is 8.00. The predicted molar refractivity (Wildman–Crippen MR) is 25.1 cm³/mol. The number of rotatable bonds is 0. The highest BCUT2D eigenvalue weighted by Crippen LogP contribution is 1.56. The lowest BCUT2D eigenvalue weighted by Crippen LogP contribution is -1.27. The Morgan fingerprint density at radius 1 is 1.67 bits per heavy atom. The molecule has 0 atom stereocenters. The van der Waals surface area contributed by atoms with Gasteiger partial charge in [0.05, 0.1) is 0 Å². The summed E-state index contributed by atoms with van der Waals surface area (Å²) in [6.45, 7) is 4.25. The minimum absolute atomic E-state index is 1.00. The topological polar surface area (TPSA) is 52.5 Å². The molecule has 0 bridgehead atoms. The van der Waals surface area contributed by atoms with Crippen molar-refractivity contribution in [3.63, 3.8) is 0 Å². The first-order valence-corrected chi connectivity index (χ1v) is 1.78. The van der Waals surface area contributed by atoms with E-state index in [2.05, 4.69) is 13.8 Å². The van der Waals surface area contributed by atoms with Crippen LogP contribution in [-0.4, -0.2) is 0 Å². The molecule has 0 spiro atoms. The lowest BCUT2D eigenvalue weighted by Gasteiger charge is -1.51. The van der Waals surface area contributed by atoms with Gasteiger partial charge >= 0.3 is 0 Å². The minimum atomic E-state index is 1.00. The molecule has 0 heterocycles. The number of hydrogen-bond acceptors (Lipinski definition) is 3. The van der Waals surface area contributed by atoms with Gasteiger partial charge in [-0.2, -0.15) is 0 Å². The molecule has 0 amide bonds. The van der Waals surface area contributed by atoms with Crippen LogP contribution < -0.4 is 0 Å². The maximum Gasteiger partial charge on any atom is -0.0590 e. The van der Waals surface area contributed by atoms with E-state index in [-0.39, 0.29) is 0 Å². The van der Waals surface area contributed by atoms with Crippen LogP contribution in [0.2, 0.25) is 0 Å². The third-order valence-electron chi connectivity index (χ3n) is 0. The molecular formula is C3H8NO2-. The second-order valence-corrected chi connectivity index (χ2v) is 0.782. The third kappa shape index (κ3) is 54.4. The highest BCUT2D eigenvalue weighted by Gasteiger charge is 1.35. The van der Waals surface area contributed by atoms with Gasteiger partial charge in [0.15, 0.2) is 0 Å². The average molecular weight is 90.1 g/mol. The van der Waals surface area contributed by atoms with Crippen molar-refractivity contribution >= 4 is 0 Å². The van der Waals surface area contributed by atoms with E-state index in [1.165, 1.54) is 6.42 Å². The largest absolute Gasteiger partial charge is 0.444 e. The second kappa shape index (κ2) is 26.0. The quantitative estimate of drug-likeness (QED) is 0.335. The molecule has 0 aromatic rings. The highest BCUT2D eigenvalue weighted by molar-refractivity contribution is 4.21. The summed E-state index contributed by atoms with van der Waals surface area (Å²) in [7, 11) is 0.